The van der Waals surface area contributed by atoms with Crippen LogP contribution in [0.2, 0.25) is 0 Å². The molecule has 0 radical (unpaired) electrons. The van der Waals surface area contributed by atoms with Crippen molar-refractivity contribution in [3.8, 4) is 0 Å². The lowest BCUT2D eigenvalue weighted by atomic mass is 10.2. The molecule has 1 aliphatic heterocycles. The van der Waals surface area contributed by atoms with Crippen LogP contribution in [0.1, 0.15) is 32.1 Å². The van der Waals surface area contributed by atoms with Gasteiger partial charge in [-0.15, -0.1) is 0 Å². The predicted molar refractivity (Wildman–Crippen MR) is 81.1 cm³/mol. The SMILES string of the molecule is O=C(CCN(CCO)CCO)OCCN1CCCCCC1. The molecule has 0 spiro atoms. The Hall–Kier alpha value is -0.690. The Bertz CT molecular complexity index is 262. The number of nitrogens with zero attached hydrogens (tertiary/aromatic N) is 2. The largest absolute Gasteiger partial charge is 0.464 e. The molecule has 0 amide bonds. The van der Waals surface area contributed by atoms with E-state index >= 15 is 0 Å². The second kappa shape index (κ2) is 11.9. The fourth-order valence-electron chi connectivity index (χ4n) is 2.59. The summed E-state index contributed by atoms with van der Waals surface area (Å²) in [6, 6.07) is 0. The Labute approximate surface area is 127 Å². The maximum absolute atomic E-state index is 11.7. The van der Waals surface area contributed by atoms with Gasteiger partial charge in [0.05, 0.1) is 19.6 Å². The third-order valence-electron chi connectivity index (χ3n) is 3.83. The van der Waals surface area contributed by atoms with Gasteiger partial charge in [0, 0.05) is 26.2 Å². The molecular weight excluding hydrogens is 272 g/mol. The number of esters is 1. The van der Waals surface area contributed by atoms with Gasteiger partial charge in [0.15, 0.2) is 0 Å². The van der Waals surface area contributed by atoms with Crippen LogP contribution in [0.15, 0.2) is 0 Å². The minimum absolute atomic E-state index is 0.0318. The van der Waals surface area contributed by atoms with E-state index in [0.29, 0.717) is 32.7 Å². The summed E-state index contributed by atoms with van der Waals surface area (Å²) >= 11 is 0. The van der Waals surface area contributed by atoms with Gasteiger partial charge in [0.25, 0.3) is 0 Å². The van der Waals surface area contributed by atoms with E-state index in [9.17, 15) is 4.79 Å². The summed E-state index contributed by atoms with van der Waals surface area (Å²) in [7, 11) is 0. The first-order valence-electron chi connectivity index (χ1n) is 8.08. The number of hydrogen-bond acceptors (Lipinski definition) is 6. The molecule has 0 aromatic heterocycles. The molecule has 0 aromatic carbocycles. The van der Waals surface area contributed by atoms with Crippen molar-refractivity contribution in [2.24, 2.45) is 0 Å². The fourth-order valence-corrected chi connectivity index (χ4v) is 2.59. The van der Waals surface area contributed by atoms with Crippen LogP contribution >= 0.6 is 0 Å². The summed E-state index contributed by atoms with van der Waals surface area (Å²) in [4.78, 5) is 15.9. The number of likely N-dealkylation sites (tertiary alicyclic amines) is 1. The molecule has 1 saturated heterocycles. The zero-order valence-corrected chi connectivity index (χ0v) is 13.0. The molecule has 6 nitrogen and oxygen atoms in total. The van der Waals surface area contributed by atoms with Crippen LogP contribution in [0.4, 0.5) is 0 Å². The van der Waals surface area contributed by atoms with Crippen molar-refractivity contribution >= 4 is 5.97 Å². The van der Waals surface area contributed by atoms with Crippen LogP contribution < -0.4 is 0 Å². The molecular formula is C15H30N2O4. The minimum atomic E-state index is -0.203. The average Bonchev–Trinajstić information content (AvgIpc) is 2.74. The summed E-state index contributed by atoms with van der Waals surface area (Å²) in [5.41, 5.74) is 0. The van der Waals surface area contributed by atoms with Crippen LogP contribution in [-0.4, -0.2) is 85.1 Å². The molecule has 0 aromatic rings. The highest BCUT2D eigenvalue weighted by atomic mass is 16.5. The molecule has 21 heavy (non-hydrogen) atoms. The predicted octanol–water partition coefficient (Wildman–Crippen LogP) is 0.0823. The molecule has 1 rings (SSSR count). The maximum atomic E-state index is 11.7. The molecule has 0 saturated carbocycles. The van der Waals surface area contributed by atoms with Crippen LogP contribution in [0, 0.1) is 0 Å². The summed E-state index contributed by atoms with van der Waals surface area (Å²) in [6.45, 7) is 5.03. The minimum Gasteiger partial charge on any atom is -0.464 e. The number of carbonyl (C=O) groups is 1. The standard InChI is InChI=1S/C15H30N2O4/c18-12-9-17(10-13-19)8-5-15(20)21-14-11-16-6-3-1-2-4-7-16/h18-19H,1-14H2. The topological polar surface area (TPSA) is 73.2 Å². The Morgan fingerprint density at radius 3 is 2.19 bits per heavy atom. The molecule has 0 unspecified atom stereocenters. The number of hydrogen-bond donors (Lipinski definition) is 2. The molecule has 124 valence electrons. The van der Waals surface area contributed by atoms with Gasteiger partial charge in [-0.2, -0.15) is 0 Å². The lowest BCUT2D eigenvalue weighted by Gasteiger charge is -2.21. The zero-order chi connectivity index (χ0) is 15.3. The Morgan fingerprint density at radius 1 is 1.00 bits per heavy atom. The van der Waals surface area contributed by atoms with Gasteiger partial charge in [-0.05, 0) is 25.9 Å². The number of ether oxygens (including phenoxy) is 1. The summed E-state index contributed by atoms with van der Waals surface area (Å²) in [5, 5.41) is 17.8. The first-order valence-corrected chi connectivity index (χ1v) is 8.08. The molecule has 2 N–H and O–H groups in total. The van der Waals surface area contributed by atoms with Gasteiger partial charge in [-0.25, -0.2) is 0 Å². The number of rotatable bonds is 10. The summed E-state index contributed by atoms with van der Waals surface area (Å²) in [6.07, 6.45) is 5.40. The van der Waals surface area contributed by atoms with Gasteiger partial charge in [-0.1, -0.05) is 12.8 Å². The van der Waals surface area contributed by atoms with E-state index in [2.05, 4.69) is 4.90 Å². The van der Waals surface area contributed by atoms with Gasteiger partial charge in [0.1, 0.15) is 6.61 Å². The second-order valence-electron chi connectivity index (χ2n) is 5.52. The Kier molecular flexibility index (Phi) is 10.4. The van der Waals surface area contributed by atoms with E-state index in [4.69, 9.17) is 14.9 Å². The smallest absolute Gasteiger partial charge is 0.307 e. The molecule has 0 aliphatic carbocycles. The number of aliphatic hydroxyl groups excluding tert-OH is 2. The van der Waals surface area contributed by atoms with E-state index in [1.807, 2.05) is 4.90 Å². The number of aliphatic hydroxyl groups is 2. The van der Waals surface area contributed by atoms with Gasteiger partial charge < -0.3 is 14.9 Å². The average molecular weight is 302 g/mol. The first kappa shape index (κ1) is 18.4. The zero-order valence-electron chi connectivity index (χ0n) is 13.0. The highest BCUT2D eigenvalue weighted by Crippen LogP contribution is 2.09. The first-order chi connectivity index (χ1) is 10.3. The van der Waals surface area contributed by atoms with E-state index < -0.39 is 0 Å². The molecule has 1 heterocycles. The van der Waals surface area contributed by atoms with Crippen LogP contribution in [0.5, 0.6) is 0 Å². The van der Waals surface area contributed by atoms with Crippen molar-refractivity contribution in [1.82, 2.24) is 9.80 Å². The van der Waals surface area contributed by atoms with Crippen molar-refractivity contribution in [2.75, 3.05) is 59.1 Å². The summed E-state index contributed by atoms with van der Waals surface area (Å²) < 4.78 is 5.26. The van der Waals surface area contributed by atoms with Crippen LogP contribution in [0.3, 0.4) is 0 Å². The van der Waals surface area contributed by atoms with Crippen molar-refractivity contribution in [1.29, 1.82) is 0 Å². The van der Waals surface area contributed by atoms with Crippen molar-refractivity contribution < 1.29 is 19.7 Å². The molecule has 0 atom stereocenters. The van der Waals surface area contributed by atoms with Gasteiger partial charge in [-0.3, -0.25) is 14.6 Å². The monoisotopic (exact) mass is 302 g/mol. The Balaban J connectivity index is 2.09. The molecule has 0 bridgehead atoms. The van der Waals surface area contributed by atoms with E-state index in [1.54, 1.807) is 0 Å². The normalized spacial score (nSPS) is 16.9. The summed E-state index contributed by atoms with van der Waals surface area (Å²) in [5.74, 6) is -0.203. The second-order valence-corrected chi connectivity index (χ2v) is 5.52. The quantitative estimate of drug-likeness (QED) is 0.557. The van der Waals surface area contributed by atoms with E-state index in [0.717, 1.165) is 19.6 Å². The molecule has 1 fully saturated rings. The number of carbonyl (C=O) groups excluding carboxylic acids is 1. The van der Waals surface area contributed by atoms with Crippen LogP contribution in [-0.2, 0) is 9.53 Å². The maximum Gasteiger partial charge on any atom is 0.307 e. The molecule has 1 aliphatic rings. The van der Waals surface area contributed by atoms with Gasteiger partial charge in [0.2, 0.25) is 0 Å². The van der Waals surface area contributed by atoms with E-state index in [-0.39, 0.29) is 19.2 Å². The Morgan fingerprint density at radius 2 is 1.62 bits per heavy atom. The highest BCUT2D eigenvalue weighted by Gasteiger charge is 2.11. The third kappa shape index (κ3) is 9.03. The molecule has 6 heteroatoms. The lowest BCUT2D eigenvalue weighted by Crippen LogP contribution is -2.33. The van der Waals surface area contributed by atoms with Crippen molar-refractivity contribution in [3.63, 3.8) is 0 Å². The van der Waals surface area contributed by atoms with Crippen molar-refractivity contribution in [3.05, 3.63) is 0 Å². The highest BCUT2D eigenvalue weighted by molar-refractivity contribution is 5.69. The van der Waals surface area contributed by atoms with Crippen molar-refractivity contribution in [2.45, 2.75) is 32.1 Å². The van der Waals surface area contributed by atoms with Crippen LogP contribution in [0.25, 0.3) is 0 Å². The lowest BCUT2D eigenvalue weighted by molar-refractivity contribution is -0.144. The fraction of sp³-hybridized carbons (Fsp3) is 0.933. The van der Waals surface area contributed by atoms with Gasteiger partial charge >= 0.3 is 5.97 Å². The van der Waals surface area contributed by atoms with E-state index in [1.165, 1.54) is 25.7 Å². The third-order valence-corrected chi connectivity index (χ3v) is 3.83.